The summed E-state index contributed by atoms with van der Waals surface area (Å²) in [6.45, 7) is 12.3. The van der Waals surface area contributed by atoms with Gasteiger partial charge in [-0.05, 0) is 39.0 Å². The third kappa shape index (κ3) is 14.3. The van der Waals surface area contributed by atoms with Gasteiger partial charge >= 0.3 is 0 Å². The van der Waals surface area contributed by atoms with Crippen molar-refractivity contribution >= 4 is 0 Å². The molecule has 1 saturated heterocycles. The molecule has 2 atom stereocenters. The molecule has 0 radical (unpaired) electrons. The maximum absolute atomic E-state index is 5.73. The number of unbranched alkanes of at least 4 members (excludes halogenated alkanes) is 9. The van der Waals surface area contributed by atoms with Crippen molar-refractivity contribution in [1.29, 1.82) is 0 Å². The topological polar surface area (TPSA) is 27.7 Å². The van der Waals surface area contributed by atoms with Gasteiger partial charge in [0.25, 0.3) is 0 Å². The lowest BCUT2D eigenvalue weighted by atomic mass is 9.96. The molecule has 0 aromatic carbocycles. The van der Waals surface area contributed by atoms with Crippen molar-refractivity contribution in [2.45, 2.75) is 116 Å². The first-order valence-corrected chi connectivity index (χ1v) is 11.5. The largest absolute Gasteiger partial charge is 0.379 e. The van der Waals surface area contributed by atoms with Crippen LogP contribution in [0.4, 0.5) is 0 Å². The van der Waals surface area contributed by atoms with Crippen LogP contribution in [0.15, 0.2) is 12.7 Å². The Morgan fingerprint density at radius 3 is 2.15 bits per heavy atom. The van der Waals surface area contributed by atoms with Gasteiger partial charge in [-0.15, -0.1) is 6.58 Å². The van der Waals surface area contributed by atoms with Crippen molar-refractivity contribution in [3.63, 3.8) is 0 Å². The summed E-state index contributed by atoms with van der Waals surface area (Å²) in [6, 6.07) is 0. The number of hydrogen-bond acceptors (Lipinski definition) is 3. The molecule has 1 rings (SSSR count). The Labute approximate surface area is 169 Å². The van der Waals surface area contributed by atoms with Crippen LogP contribution in [-0.4, -0.2) is 31.7 Å². The Bertz CT molecular complexity index is 354. The summed E-state index contributed by atoms with van der Waals surface area (Å²) in [5, 5.41) is 0. The van der Waals surface area contributed by atoms with Gasteiger partial charge in [0.05, 0.1) is 13.2 Å². The zero-order valence-electron chi connectivity index (χ0n) is 18.5. The van der Waals surface area contributed by atoms with Gasteiger partial charge in [-0.3, -0.25) is 0 Å². The molecule has 0 bridgehead atoms. The van der Waals surface area contributed by atoms with E-state index < -0.39 is 5.79 Å². The second-order valence-electron chi connectivity index (χ2n) is 8.82. The van der Waals surface area contributed by atoms with Crippen LogP contribution < -0.4 is 0 Å². The van der Waals surface area contributed by atoms with Crippen LogP contribution in [0.5, 0.6) is 0 Å². The zero-order chi connectivity index (χ0) is 19.8. The van der Waals surface area contributed by atoms with E-state index in [-0.39, 0.29) is 6.10 Å². The van der Waals surface area contributed by atoms with Crippen molar-refractivity contribution in [2.75, 3.05) is 19.8 Å². The molecule has 0 spiro atoms. The fourth-order valence-corrected chi connectivity index (χ4v) is 3.74. The van der Waals surface area contributed by atoms with E-state index in [4.69, 9.17) is 14.2 Å². The highest BCUT2D eigenvalue weighted by atomic mass is 16.7. The molecule has 27 heavy (non-hydrogen) atoms. The van der Waals surface area contributed by atoms with E-state index in [2.05, 4.69) is 13.5 Å². The maximum Gasteiger partial charge on any atom is 0.163 e. The molecule has 1 heterocycles. The smallest absolute Gasteiger partial charge is 0.163 e. The van der Waals surface area contributed by atoms with Crippen molar-refractivity contribution < 1.29 is 14.2 Å². The SMILES string of the molecule is C=CCCCCC[C@@H](C)CCCCCCCCCOC[C@H]1COC(C)(C)O1. The van der Waals surface area contributed by atoms with Crippen LogP contribution >= 0.6 is 0 Å². The summed E-state index contributed by atoms with van der Waals surface area (Å²) in [6.07, 6.45) is 19.6. The number of rotatable bonds is 18. The highest BCUT2D eigenvalue weighted by molar-refractivity contribution is 4.70. The first-order chi connectivity index (χ1) is 13.0. The van der Waals surface area contributed by atoms with Crippen molar-refractivity contribution in [2.24, 2.45) is 5.92 Å². The number of ether oxygens (including phenoxy) is 3. The van der Waals surface area contributed by atoms with Gasteiger partial charge in [0.15, 0.2) is 5.79 Å². The van der Waals surface area contributed by atoms with Crippen LogP contribution in [0, 0.1) is 5.92 Å². The van der Waals surface area contributed by atoms with Crippen LogP contribution in [-0.2, 0) is 14.2 Å². The van der Waals surface area contributed by atoms with E-state index in [9.17, 15) is 0 Å². The monoisotopic (exact) mass is 382 g/mol. The van der Waals surface area contributed by atoms with Gasteiger partial charge in [-0.1, -0.05) is 77.2 Å². The lowest BCUT2D eigenvalue weighted by molar-refractivity contribution is -0.145. The van der Waals surface area contributed by atoms with Crippen molar-refractivity contribution in [3.8, 4) is 0 Å². The van der Waals surface area contributed by atoms with Crippen LogP contribution in [0.25, 0.3) is 0 Å². The third-order valence-electron chi connectivity index (χ3n) is 5.46. The van der Waals surface area contributed by atoms with Crippen LogP contribution in [0.3, 0.4) is 0 Å². The fraction of sp³-hybridized carbons (Fsp3) is 0.917. The van der Waals surface area contributed by atoms with E-state index in [0.717, 1.165) is 12.5 Å². The average molecular weight is 383 g/mol. The van der Waals surface area contributed by atoms with E-state index in [1.807, 2.05) is 19.9 Å². The normalized spacial score (nSPS) is 20.0. The molecule has 160 valence electrons. The van der Waals surface area contributed by atoms with Crippen LogP contribution in [0.1, 0.15) is 104 Å². The van der Waals surface area contributed by atoms with Gasteiger partial charge in [0.1, 0.15) is 6.10 Å². The fourth-order valence-electron chi connectivity index (χ4n) is 3.74. The molecule has 3 nitrogen and oxygen atoms in total. The molecule has 0 unspecified atom stereocenters. The van der Waals surface area contributed by atoms with Gasteiger partial charge in [0.2, 0.25) is 0 Å². The molecular formula is C24H46O3. The Balaban J connectivity index is 1.76. The number of allylic oxidation sites excluding steroid dienone is 1. The van der Waals surface area contributed by atoms with Crippen molar-refractivity contribution in [1.82, 2.24) is 0 Å². The van der Waals surface area contributed by atoms with E-state index in [1.54, 1.807) is 0 Å². The molecule has 0 aliphatic carbocycles. The molecule has 1 aliphatic rings. The predicted molar refractivity (Wildman–Crippen MR) is 115 cm³/mol. The predicted octanol–water partition coefficient (Wildman–Crippen LogP) is 7.05. The lowest BCUT2D eigenvalue weighted by Crippen LogP contribution is -2.24. The lowest BCUT2D eigenvalue weighted by Gasteiger charge is -2.17. The summed E-state index contributed by atoms with van der Waals surface area (Å²) >= 11 is 0. The molecule has 0 amide bonds. The quantitative estimate of drug-likeness (QED) is 0.188. The highest BCUT2D eigenvalue weighted by Gasteiger charge is 2.32. The zero-order valence-corrected chi connectivity index (χ0v) is 18.5. The van der Waals surface area contributed by atoms with Gasteiger partial charge in [-0.2, -0.15) is 0 Å². The van der Waals surface area contributed by atoms with Crippen LogP contribution in [0.2, 0.25) is 0 Å². The van der Waals surface area contributed by atoms with Gasteiger partial charge < -0.3 is 14.2 Å². The summed E-state index contributed by atoms with van der Waals surface area (Å²) in [5.74, 6) is 0.475. The standard InChI is InChI=1S/C24H46O3/c1-5-6-7-11-14-17-22(2)18-15-12-9-8-10-13-16-19-25-20-23-21-26-24(3,4)27-23/h5,22-23H,1,6-21H2,2-4H3/t22-,23+/m1/s1. The highest BCUT2D eigenvalue weighted by Crippen LogP contribution is 2.22. The third-order valence-corrected chi connectivity index (χ3v) is 5.46. The molecule has 0 aromatic rings. The second kappa shape index (κ2) is 15.5. The summed E-state index contributed by atoms with van der Waals surface area (Å²) < 4.78 is 17.0. The van der Waals surface area contributed by atoms with E-state index >= 15 is 0 Å². The molecule has 0 aromatic heterocycles. The van der Waals surface area contributed by atoms with E-state index in [0.29, 0.717) is 13.2 Å². The average Bonchev–Trinajstić information content (AvgIpc) is 2.98. The molecule has 1 aliphatic heterocycles. The Hall–Kier alpha value is -0.380. The molecule has 3 heteroatoms. The Kier molecular flexibility index (Phi) is 14.2. The summed E-state index contributed by atoms with van der Waals surface area (Å²) in [4.78, 5) is 0. The maximum atomic E-state index is 5.73. The molecule has 0 N–H and O–H groups in total. The summed E-state index contributed by atoms with van der Waals surface area (Å²) in [5.41, 5.74) is 0. The van der Waals surface area contributed by atoms with E-state index in [1.165, 1.54) is 83.5 Å². The second-order valence-corrected chi connectivity index (χ2v) is 8.82. The first kappa shape index (κ1) is 24.7. The minimum Gasteiger partial charge on any atom is -0.379 e. The van der Waals surface area contributed by atoms with Gasteiger partial charge in [0, 0.05) is 6.61 Å². The Morgan fingerprint density at radius 2 is 1.56 bits per heavy atom. The summed E-state index contributed by atoms with van der Waals surface area (Å²) in [7, 11) is 0. The number of hydrogen-bond donors (Lipinski definition) is 0. The van der Waals surface area contributed by atoms with Crippen molar-refractivity contribution in [3.05, 3.63) is 12.7 Å². The Morgan fingerprint density at radius 1 is 0.963 bits per heavy atom. The minimum absolute atomic E-state index is 0.106. The molecular weight excluding hydrogens is 336 g/mol. The first-order valence-electron chi connectivity index (χ1n) is 11.5. The van der Waals surface area contributed by atoms with Gasteiger partial charge in [-0.25, -0.2) is 0 Å². The molecule has 1 fully saturated rings. The minimum atomic E-state index is -0.433. The molecule has 0 saturated carbocycles.